The van der Waals surface area contributed by atoms with Crippen molar-refractivity contribution in [1.29, 1.82) is 0 Å². The van der Waals surface area contributed by atoms with Gasteiger partial charge in [-0.25, -0.2) is 9.09 Å². The SMILES string of the molecule is O=P(F)(F)OC(F)(F)CC(F)(F)F. The van der Waals surface area contributed by atoms with Gasteiger partial charge in [0.2, 0.25) is 0 Å². The van der Waals surface area contributed by atoms with Gasteiger partial charge in [0, 0.05) is 0 Å². The Balaban J connectivity index is 4.34. The maximum atomic E-state index is 11.8. The third-order valence-electron chi connectivity index (χ3n) is 0.646. The molecule has 10 heteroatoms. The average molecular weight is 234 g/mol. The first-order chi connectivity index (χ1) is 5.41. The van der Waals surface area contributed by atoms with Gasteiger partial charge in [-0.1, -0.05) is 0 Å². The van der Waals surface area contributed by atoms with E-state index in [4.69, 9.17) is 0 Å². The Morgan fingerprint density at radius 2 is 1.46 bits per heavy atom. The second-order valence-electron chi connectivity index (χ2n) is 1.94. The molecule has 0 rings (SSSR count). The van der Waals surface area contributed by atoms with Crippen LogP contribution in [0.3, 0.4) is 0 Å². The van der Waals surface area contributed by atoms with E-state index in [0.717, 1.165) is 0 Å². The Kier molecular flexibility index (Phi) is 3.37. The highest BCUT2D eigenvalue weighted by atomic mass is 31.2. The topological polar surface area (TPSA) is 26.3 Å². The predicted molar refractivity (Wildman–Crippen MR) is 26.5 cm³/mol. The van der Waals surface area contributed by atoms with Crippen molar-refractivity contribution < 1.29 is 39.4 Å². The lowest BCUT2D eigenvalue weighted by Crippen LogP contribution is -2.26. The van der Waals surface area contributed by atoms with Gasteiger partial charge in [0.15, 0.2) is 0 Å². The van der Waals surface area contributed by atoms with Crippen molar-refractivity contribution in [1.82, 2.24) is 0 Å². The van der Waals surface area contributed by atoms with Gasteiger partial charge < -0.3 is 0 Å². The van der Waals surface area contributed by atoms with Crippen LogP contribution in [0.25, 0.3) is 0 Å². The molecule has 0 atom stereocenters. The summed E-state index contributed by atoms with van der Waals surface area (Å²) in [5, 5.41) is 0. The minimum Gasteiger partial charge on any atom is -0.218 e. The van der Waals surface area contributed by atoms with Crippen molar-refractivity contribution in [3.63, 3.8) is 0 Å². The molecule has 0 unspecified atom stereocenters. The van der Waals surface area contributed by atoms with Crippen molar-refractivity contribution in [2.24, 2.45) is 0 Å². The maximum absolute atomic E-state index is 11.8. The molecule has 0 radical (unpaired) electrons. The zero-order valence-electron chi connectivity index (χ0n) is 5.62. The van der Waals surface area contributed by atoms with E-state index in [9.17, 15) is 34.9 Å². The minimum absolute atomic E-state index is 2.17. The van der Waals surface area contributed by atoms with E-state index < -0.39 is 26.7 Å². The highest BCUT2D eigenvalue weighted by molar-refractivity contribution is 7.47. The van der Waals surface area contributed by atoms with Crippen molar-refractivity contribution >= 4 is 7.99 Å². The third-order valence-corrected chi connectivity index (χ3v) is 1.13. The second-order valence-corrected chi connectivity index (χ2v) is 2.95. The summed E-state index contributed by atoms with van der Waals surface area (Å²) < 4.78 is 91.4. The Morgan fingerprint density at radius 3 is 1.69 bits per heavy atom. The zero-order valence-corrected chi connectivity index (χ0v) is 6.51. The number of hydrogen-bond donors (Lipinski definition) is 0. The molecule has 0 aromatic carbocycles. The van der Waals surface area contributed by atoms with Crippen LogP contribution in [-0.4, -0.2) is 12.3 Å². The first-order valence-corrected chi connectivity index (χ1v) is 3.97. The number of alkyl halides is 5. The average Bonchev–Trinajstić information content (AvgIpc) is 1.43. The smallest absolute Gasteiger partial charge is 0.218 e. The zero-order chi connectivity index (χ0) is 10.9. The Hall–Kier alpha value is -0.300. The van der Waals surface area contributed by atoms with E-state index in [1.165, 1.54) is 0 Å². The molecule has 0 aromatic rings. The highest BCUT2D eigenvalue weighted by Gasteiger charge is 2.49. The molecule has 0 amide bonds. The summed E-state index contributed by atoms with van der Waals surface area (Å²) in [6.45, 7) is 0. The lowest BCUT2D eigenvalue weighted by molar-refractivity contribution is -0.257. The Bertz CT molecular complexity index is 216. The molecule has 0 aliphatic heterocycles. The lowest BCUT2D eigenvalue weighted by Gasteiger charge is -2.16. The van der Waals surface area contributed by atoms with Crippen LogP contribution in [-0.2, 0) is 9.09 Å². The molecule has 0 fully saturated rings. The second kappa shape index (κ2) is 3.45. The van der Waals surface area contributed by atoms with Crippen LogP contribution < -0.4 is 0 Å². The normalized spacial score (nSPS) is 14.7. The quantitative estimate of drug-likeness (QED) is 0.550. The van der Waals surface area contributed by atoms with Gasteiger partial charge in [-0.05, 0) is 0 Å². The molecular weight excluding hydrogens is 232 g/mol. The summed E-state index contributed by atoms with van der Waals surface area (Å²) in [6, 6.07) is 0. The molecule has 0 saturated heterocycles. The standard InChI is InChI=1S/C3H2F7O2P/c4-2(5,6)1-3(7,8)12-13(9,10)11/h1H2. The molecule has 0 saturated carbocycles. The van der Waals surface area contributed by atoms with Crippen molar-refractivity contribution in [3.8, 4) is 0 Å². The van der Waals surface area contributed by atoms with E-state index in [2.05, 4.69) is 4.52 Å². The molecule has 13 heavy (non-hydrogen) atoms. The molecule has 2 nitrogen and oxygen atoms in total. The maximum Gasteiger partial charge on any atom is 0.556 e. The summed E-state index contributed by atoms with van der Waals surface area (Å²) in [4.78, 5) is 0. The predicted octanol–water partition coefficient (Wildman–Crippen LogP) is 3.60. The molecule has 0 aromatic heterocycles. The fraction of sp³-hybridized carbons (Fsp3) is 1.00. The van der Waals surface area contributed by atoms with Crippen LogP contribution in [0.4, 0.5) is 30.3 Å². The summed E-state index contributed by atoms with van der Waals surface area (Å²) >= 11 is 0. The van der Waals surface area contributed by atoms with E-state index in [1.54, 1.807) is 0 Å². The number of halogens is 7. The molecule has 80 valence electrons. The minimum atomic E-state index is -6.62. The Labute approximate surface area is 67.4 Å². The van der Waals surface area contributed by atoms with E-state index >= 15 is 0 Å². The van der Waals surface area contributed by atoms with Crippen LogP contribution in [0.5, 0.6) is 0 Å². The van der Waals surface area contributed by atoms with Crippen LogP contribution in [0.15, 0.2) is 0 Å². The van der Waals surface area contributed by atoms with Gasteiger partial charge in [0.05, 0.1) is 0 Å². The van der Waals surface area contributed by atoms with Crippen molar-refractivity contribution in [3.05, 3.63) is 0 Å². The summed E-state index contributed by atoms with van der Waals surface area (Å²) in [6.07, 6.45) is -13.5. The molecule has 0 spiro atoms. The van der Waals surface area contributed by atoms with E-state index in [1.807, 2.05) is 0 Å². The Morgan fingerprint density at radius 1 is 1.08 bits per heavy atom. The first-order valence-electron chi connectivity index (χ1n) is 2.56. The van der Waals surface area contributed by atoms with Crippen LogP contribution >= 0.6 is 7.99 Å². The fourth-order valence-corrected chi connectivity index (χ4v) is 0.797. The summed E-state index contributed by atoms with van der Waals surface area (Å²) in [7, 11) is -6.62. The summed E-state index contributed by atoms with van der Waals surface area (Å²) in [5.74, 6) is 0. The molecule has 0 heterocycles. The third kappa shape index (κ3) is 8.04. The molecule has 0 aliphatic rings. The van der Waals surface area contributed by atoms with Gasteiger partial charge in [0.25, 0.3) is 0 Å². The number of rotatable bonds is 3. The molecule has 0 aliphatic carbocycles. The first kappa shape index (κ1) is 12.7. The van der Waals surface area contributed by atoms with Gasteiger partial charge in [0.1, 0.15) is 6.42 Å². The van der Waals surface area contributed by atoms with Crippen molar-refractivity contribution in [2.45, 2.75) is 18.7 Å². The van der Waals surface area contributed by atoms with Crippen LogP contribution in [0.2, 0.25) is 0 Å². The molecule has 0 bridgehead atoms. The number of hydrogen-bond acceptors (Lipinski definition) is 2. The summed E-state index contributed by atoms with van der Waals surface area (Å²) in [5.41, 5.74) is 0. The van der Waals surface area contributed by atoms with E-state index in [0.29, 0.717) is 0 Å². The van der Waals surface area contributed by atoms with Gasteiger partial charge in [-0.15, -0.1) is 8.39 Å². The fourth-order valence-electron chi connectivity index (χ4n) is 0.421. The monoisotopic (exact) mass is 234 g/mol. The van der Waals surface area contributed by atoms with E-state index in [-0.39, 0.29) is 0 Å². The van der Waals surface area contributed by atoms with Crippen LogP contribution in [0.1, 0.15) is 6.42 Å². The van der Waals surface area contributed by atoms with Gasteiger partial charge >= 0.3 is 20.3 Å². The highest BCUT2D eigenvalue weighted by Crippen LogP contribution is 2.55. The van der Waals surface area contributed by atoms with Gasteiger partial charge in [-0.2, -0.15) is 22.0 Å². The largest absolute Gasteiger partial charge is 0.556 e. The molecule has 0 N–H and O–H groups in total. The van der Waals surface area contributed by atoms with Crippen LogP contribution in [0, 0.1) is 0 Å². The lowest BCUT2D eigenvalue weighted by atomic mass is 10.4. The van der Waals surface area contributed by atoms with Gasteiger partial charge in [-0.3, -0.25) is 0 Å². The van der Waals surface area contributed by atoms with Crippen molar-refractivity contribution in [2.75, 3.05) is 0 Å². The molecular formula is C3H2F7O2P.